The Hall–Kier alpha value is -3.81. The highest BCUT2D eigenvalue weighted by atomic mass is 32.2. The third-order valence-corrected chi connectivity index (χ3v) is 6.43. The molecule has 0 fully saturated rings. The summed E-state index contributed by atoms with van der Waals surface area (Å²) in [5.74, 6) is 4.65. The second-order valence-corrected chi connectivity index (χ2v) is 8.63. The minimum absolute atomic E-state index is 0.0787. The van der Waals surface area contributed by atoms with Crippen LogP contribution in [0.5, 0.6) is 0 Å². The van der Waals surface area contributed by atoms with Gasteiger partial charge >= 0.3 is 5.97 Å². The van der Waals surface area contributed by atoms with E-state index in [9.17, 15) is 13.2 Å². The van der Waals surface area contributed by atoms with Crippen LogP contribution in [0.2, 0.25) is 0 Å². The summed E-state index contributed by atoms with van der Waals surface area (Å²) in [5.41, 5.74) is 2.57. The molecule has 4 rings (SSSR count). The standard InChI is InChI=1S/C21H14N4O4S2/c1-13-6-10-17-19(24-30-23-17)20(13)31(28,29)25-16-5-3-2-4-15(16)9-7-14-8-11-18(21(26)27)22-12-14/h2-6,8,10-12,25H,1H3,(H,26,27). The Morgan fingerprint density at radius 2 is 1.87 bits per heavy atom. The van der Waals surface area contributed by atoms with Gasteiger partial charge in [-0.25, -0.2) is 18.2 Å². The first-order valence-corrected chi connectivity index (χ1v) is 11.1. The van der Waals surface area contributed by atoms with Crippen molar-refractivity contribution in [3.8, 4) is 11.8 Å². The van der Waals surface area contributed by atoms with E-state index >= 15 is 0 Å². The summed E-state index contributed by atoms with van der Waals surface area (Å²) < 4.78 is 37.2. The fourth-order valence-corrected chi connectivity index (χ4v) is 4.95. The molecule has 0 unspecified atom stereocenters. The number of rotatable bonds is 4. The van der Waals surface area contributed by atoms with Crippen LogP contribution in [-0.4, -0.2) is 33.2 Å². The fraction of sp³-hybridized carbons (Fsp3) is 0.0476. The van der Waals surface area contributed by atoms with Gasteiger partial charge in [0.15, 0.2) is 0 Å². The van der Waals surface area contributed by atoms with Crippen LogP contribution in [0.15, 0.2) is 59.6 Å². The molecular formula is C21H14N4O4S2. The fourth-order valence-electron chi connectivity index (χ4n) is 2.88. The number of para-hydroxylation sites is 1. The quantitative estimate of drug-likeness (QED) is 0.458. The number of hydrogen-bond donors (Lipinski definition) is 2. The molecule has 0 radical (unpaired) electrons. The molecule has 0 aliphatic rings. The Morgan fingerprint density at radius 3 is 2.61 bits per heavy atom. The number of anilines is 1. The molecule has 0 bridgehead atoms. The van der Waals surface area contributed by atoms with Gasteiger partial charge < -0.3 is 5.11 Å². The molecule has 2 heterocycles. The Labute approximate surface area is 182 Å². The van der Waals surface area contributed by atoms with Crippen LogP contribution in [0.4, 0.5) is 5.69 Å². The minimum Gasteiger partial charge on any atom is -0.477 e. The first kappa shape index (κ1) is 20.5. The molecule has 0 atom stereocenters. The number of aromatic nitrogens is 3. The number of sulfonamides is 1. The molecular weight excluding hydrogens is 436 g/mol. The summed E-state index contributed by atoms with van der Waals surface area (Å²) in [7, 11) is -3.95. The van der Waals surface area contributed by atoms with E-state index in [1.165, 1.54) is 18.3 Å². The smallest absolute Gasteiger partial charge is 0.354 e. The van der Waals surface area contributed by atoms with Gasteiger partial charge in [-0.2, -0.15) is 8.75 Å². The number of fused-ring (bicyclic) bond motifs is 1. The molecule has 4 aromatic rings. The van der Waals surface area contributed by atoms with Crippen LogP contribution >= 0.6 is 11.7 Å². The number of aryl methyl sites for hydroxylation is 1. The Morgan fingerprint density at radius 1 is 1.06 bits per heavy atom. The molecule has 0 aliphatic heterocycles. The predicted octanol–water partition coefficient (Wildman–Crippen LogP) is 3.29. The van der Waals surface area contributed by atoms with E-state index in [1.807, 2.05) is 0 Å². The zero-order chi connectivity index (χ0) is 22.0. The third-order valence-electron chi connectivity index (χ3n) is 4.34. The number of pyridine rings is 1. The van der Waals surface area contributed by atoms with Gasteiger partial charge in [0.2, 0.25) is 0 Å². The van der Waals surface area contributed by atoms with Crippen LogP contribution < -0.4 is 4.72 Å². The maximum atomic E-state index is 13.2. The van der Waals surface area contributed by atoms with Gasteiger partial charge in [0.05, 0.1) is 17.4 Å². The topological polar surface area (TPSA) is 122 Å². The Kier molecular flexibility index (Phi) is 5.37. The van der Waals surface area contributed by atoms with E-state index in [1.54, 1.807) is 43.3 Å². The Balaban J connectivity index is 1.69. The summed E-state index contributed by atoms with van der Waals surface area (Å²) in [6.45, 7) is 1.70. The van der Waals surface area contributed by atoms with Crippen molar-refractivity contribution in [2.75, 3.05) is 4.72 Å². The maximum absolute atomic E-state index is 13.2. The van der Waals surface area contributed by atoms with Crippen LogP contribution in [0, 0.1) is 18.8 Å². The monoisotopic (exact) mass is 450 g/mol. The number of hydrogen-bond acceptors (Lipinski definition) is 7. The number of nitrogens with one attached hydrogen (secondary N) is 1. The van der Waals surface area contributed by atoms with Crippen molar-refractivity contribution in [2.45, 2.75) is 11.8 Å². The van der Waals surface area contributed by atoms with Crippen molar-refractivity contribution in [1.29, 1.82) is 0 Å². The van der Waals surface area contributed by atoms with E-state index in [0.29, 0.717) is 33.4 Å². The largest absolute Gasteiger partial charge is 0.477 e. The first-order chi connectivity index (χ1) is 14.8. The van der Waals surface area contributed by atoms with Crippen molar-refractivity contribution >= 4 is 44.4 Å². The van der Waals surface area contributed by atoms with E-state index in [0.717, 1.165) is 11.7 Å². The summed E-state index contributed by atoms with van der Waals surface area (Å²) in [4.78, 5) is 14.8. The zero-order valence-electron chi connectivity index (χ0n) is 16.0. The van der Waals surface area contributed by atoms with E-state index < -0.39 is 16.0 Å². The average Bonchev–Trinajstić information content (AvgIpc) is 3.21. The van der Waals surface area contributed by atoms with E-state index in [2.05, 4.69) is 30.3 Å². The molecule has 31 heavy (non-hydrogen) atoms. The Bertz CT molecular complexity index is 1470. The predicted molar refractivity (Wildman–Crippen MR) is 117 cm³/mol. The van der Waals surface area contributed by atoms with Crippen molar-refractivity contribution < 1.29 is 18.3 Å². The highest BCUT2D eigenvalue weighted by Gasteiger charge is 2.23. The molecule has 0 saturated heterocycles. The average molecular weight is 451 g/mol. The summed E-state index contributed by atoms with van der Waals surface area (Å²) in [6.07, 6.45) is 1.35. The second kappa shape index (κ2) is 8.14. The maximum Gasteiger partial charge on any atom is 0.354 e. The molecule has 8 nitrogen and oxygen atoms in total. The van der Waals surface area contributed by atoms with Crippen molar-refractivity contribution in [3.63, 3.8) is 0 Å². The molecule has 2 N–H and O–H groups in total. The molecule has 0 aliphatic carbocycles. The molecule has 10 heteroatoms. The van der Waals surface area contributed by atoms with Gasteiger partial charge in [0.25, 0.3) is 10.0 Å². The molecule has 154 valence electrons. The van der Waals surface area contributed by atoms with E-state index in [4.69, 9.17) is 5.11 Å². The molecule has 2 aromatic heterocycles. The summed E-state index contributed by atoms with van der Waals surface area (Å²) >= 11 is 0.953. The van der Waals surface area contributed by atoms with Gasteiger partial charge in [-0.3, -0.25) is 4.72 Å². The van der Waals surface area contributed by atoms with Crippen molar-refractivity contribution in [3.05, 3.63) is 77.1 Å². The lowest BCUT2D eigenvalue weighted by molar-refractivity contribution is 0.0690. The lowest BCUT2D eigenvalue weighted by Crippen LogP contribution is -2.15. The van der Waals surface area contributed by atoms with Crippen LogP contribution in [-0.2, 0) is 10.0 Å². The number of carbonyl (C=O) groups is 1. The summed E-state index contributed by atoms with van der Waals surface area (Å²) in [5, 5.41) is 8.92. The number of carboxylic acid groups (broad SMARTS) is 1. The highest BCUT2D eigenvalue weighted by molar-refractivity contribution is 7.93. The molecule has 0 saturated carbocycles. The van der Waals surface area contributed by atoms with Gasteiger partial charge in [0.1, 0.15) is 21.6 Å². The molecule has 0 spiro atoms. The van der Waals surface area contributed by atoms with Crippen LogP contribution in [0.1, 0.15) is 27.2 Å². The van der Waals surface area contributed by atoms with Crippen LogP contribution in [0.3, 0.4) is 0 Å². The molecule has 0 amide bonds. The number of aromatic carboxylic acids is 1. The zero-order valence-corrected chi connectivity index (χ0v) is 17.7. The van der Waals surface area contributed by atoms with E-state index in [-0.39, 0.29) is 10.6 Å². The lowest BCUT2D eigenvalue weighted by atomic mass is 10.1. The van der Waals surface area contributed by atoms with Crippen molar-refractivity contribution in [2.24, 2.45) is 0 Å². The normalized spacial score (nSPS) is 11.0. The second-order valence-electron chi connectivity index (χ2n) is 6.48. The minimum atomic E-state index is -3.95. The summed E-state index contributed by atoms with van der Waals surface area (Å²) in [6, 6.07) is 13.0. The van der Waals surface area contributed by atoms with Gasteiger partial charge in [-0.1, -0.05) is 30.0 Å². The number of nitrogens with zero attached hydrogens (tertiary/aromatic N) is 3. The SMILES string of the molecule is Cc1ccc2nsnc2c1S(=O)(=O)Nc1ccccc1C#Cc1ccc(C(=O)O)nc1. The van der Waals surface area contributed by atoms with Gasteiger partial charge in [-0.15, -0.1) is 0 Å². The van der Waals surface area contributed by atoms with Gasteiger partial charge in [-0.05, 0) is 42.8 Å². The highest BCUT2D eigenvalue weighted by Crippen LogP contribution is 2.28. The third kappa shape index (κ3) is 4.23. The molecule has 2 aromatic carbocycles. The number of carboxylic acids is 1. The van der Waals surface area contributed by atoms with Crippen molar-refractivity contribution in [1.82, 2.24) is 13.7 Å². The number of benzene rings is 2. The first-order valence-electron chi connectivity index (χ1n) is 8.90. The van der Waals surface area contributed by atoms with Gasteiger partial charge in [0, 0.05) is 17.3 Å². The van der Waals surface area contributed by atoms with Crippen LogP contribution in [0.25, 0.3) is 11.0 Å². The lowest BCUT2D eigenvalue weighted by Gasteiger charge is -2.12.